The van der Waals surface area contributed by atoms with Crippen LogP contribution in [0.5, 0.6) is 0 Å². The molecule has 3 aromatic rings. The lowest BCUT2D eigenvalue weighted by Crippen LogP contribution is -2.35. The third-order valence-electron chi connectivity index (χ3n) is 4.07. The normalized spacial score (nSPS) is 10.6. The second kappa shape index (κ2) is 7.17. The Balaban J connectivity index is 1.67. The summed E-state index contributed by atoms with van der Waals surface area (Å²) in [5.74, 6) is -0.435. The Hall–Kier alpha value is -3.15. The number of hydrogen-bond acceptors (Lipinski definition) is 3. The molecular weight excluding hydrogens is 316 g/mol. The average Bonchev–Trinajstić information content (AvgIpc) is 3.09. The van der Waals surface area contributed by atoms with Gasteiger partial charge in [-0.1, -0.05) is 25.1 Å². The monoisotopic (exact) mass is 336 g/mol. The van der Waals surface area contributed by atoms with E-state index >= 15 is 0 Å². The van der Waals surface area contributed by atoms with E-state index in [0.717, 1.165) is 28.7 Å². The Kier molecular flexibility index (Phi) is 4.79. The van der Waals surface area contributed by atoms with E-state index in [1.54, 1.807) is 31.6 Å². The Morgan fingerprint density at radius 2 is 2.00 bits per heavy atom. The first-order valence-electron chi connectivity index (χ1n) is 8.15. The van der Waals surface area contributed by atoms with E-state index in [1.165, 1.54) is 4.90 Å². The van der Waals surface area contributed by atoms with Crippen LogP contribution in [0.15, 0.2) is 48.8 Å². The first kappa shape index (κ1) is 16.7. The number of aromatic nitrogens is 2. The van der Waals surface area contributed by atoms with E-state index in [-0.39, 0.29) is 18.4 Å². The molecule has 0 saturated heterocycles. The molecule has 0 saturated carbocycles. The average molecular weight is 336 g/mol. The number of anilines is 1. The number of fused-ring (bicyclic) bond motifs is 1. The fraction of sp³-hybridized carbons (Fsp3) is 0.211. The van der Waals surface area contributed by atoms with Gasteiger partial charge in [0.1, 0.15) is 0 Å². The lowest BCUT2D eigenvalue weighted by molar-refractivity contribution is -0.116. The summed E-state index contributed by atoms with van der Waals surface area (Å²) in [4.78, 5) is 33.3. The molecule has 0 atom stereocenters. The third kappa shape index (κ3) is 3.68. The summed E-state index contributed by atoms with van der Waals surface area (Å²) in [6.45, 7) is 2.02. The van der Waals surface area contributed by atoms with Crippen molar-refractivity contribution in [2.75, 3.05) is 18.9 Å². The molecule has 25 heavy (non-hydrogen) atoms. The van der Waals surface area contributed by atoms with Crippen molar-refractivity contribution in [2.24, 2.45) is 0 Å². The summed E-state index contributed by atoms with van der Waals surface area (Å²) in [5.41, 5.74) is 3.96. The molecule has 2 N–H and O–H groups in total. The first-order valence-corrected chi connectivity index (χ1v) is 8.15. The molecular formula is C19H20N4O2. The van der Waals surface area contributed by atoms with Crippen LogP contribution in [0.3, 0.4) is 0 Å². The number of likely N-dealkylation sites (N-methyl/N-ethyl adjacent to an activating group) is 1. The van der Waals surface area contributed by atoms with Crippen molar-refractivity contribution in [1.82, 2.24) is 14.9 Å². The molecule has 2 amide bonds. The number of aryl methyl sites for hydroxylation is 1. The topological polar surface area (TPSA) is 78.1 Å². The predicted octanol–water partition coefficient (Wildman–Crippen LogP) is 2.84. The molecule has 0 unspecified atom stereocenters. The number of carbonyl (C=O) groups excluding carboxylic acids is 2. The number of H-pyrrole nitrogens is 1. The quantitative estimate of drug-likeness (QED) is 0.752. The highest BCUT2D eigenvalue weighted by molar-refractivity contribution is 6.01. The highest BCUT2D eigenvalue weighted by Gasteiger charge is 2.16. The molecule has 0 aliphatic rings. The van der Waals surface area contributed by atoms with Gasteiger partial charge in [0, 0.05) is 18.3 Å². The molecule has 6 nitrogen and oxygen atoms in total. The van der Waals surface area contributed by atoms with Crippen LogP contribution in [0.4, 0.5) is 5.69 Å². The van der Waals surface area contributed by atoms with Gasteiger partial charge in [0.2, 0.25) is 5.91 Å². The summed E-state index contributed by atoms with van der Waals surface area (Å²) in [7, 11) is 1.62. The van der Waals surface area contributed by atoms with E-state index in [4.69, 9.17) is 0 Å². The van der Waals surface area contributed by atoms with Crippen molar-refractivity contribution in [3.05, 3.63) is 59.9 Å². The molecule has 0 aliphatic carbocycles. The highest BCUT2D eigenvalue weighted by atomic mass is 16.2. The minimum Gasteiger partial charge on any atom is -0.345 e. The molecule has 1 heterocycles. The summed E-state index contributed by atoms with van der Waals surface area (Å²) in [6.07, 6.45) is 2.41. The van der Waals surface area contributed by atoms with E-state index < -0.39 is 0 Å². The lowest BCUT2D eigenvalue weighted by atomic mass is 10.1. The zero-order chi connectivity index (χ0) is 17.8. The zero-order valence-electron chi connectivity index (χ0n) is 14.2. The maximum Gasteiger partial charge on any atom is 0.254 e. The van der Waals surface area contributed by atoms with Gasteiger partial charge in [0.15, 0.2) is 0 Å². The molecule has 0 fully saturated rings. The number of carbonyl (C=O) groups is 2. The van der Waals surface area contributed by atoms with Crippen LogP contribution in [-0.2, 0) is 11.2 Å². The molecule has 6 heteroatoms. The number of hydrogen-bond donors (Lipinski definition) is 2. The van der Waals surface area contributed by atoms with Gasteiger partial charge in [-0.15, -0.1) is 0 Å². The molecule has 0 aliphatic heterocycles. The number of nitrogens with zero attached hydrogens (tertiary/aromatic N) is 2. The number of amides is 2. The van der Waals surface area contributed by atoms with Crippen LogP contribution >= 0.6 is 0 Å². The molecule has 0 spiro atoms. The smallest absolute Gasteiger partial charge is 0.254 e. The van der Waals surface area contributed by atoms with Crippen molar-refractivity contribution in [3.8, 4) is 0 Å². The molecule has 0 bridgehead atoms. The van der Waals surface area contributed by atoms with Gasteiger partial charge in [-0.3, -0.25) is 9.59 Å². The second-order valence-electron chi connectivity index (χ2n) is 5.85. The highest BCUT2D eigenvalue weighted by Crippen LogP contribution is 2.16. The van der Waals surface area contributed by atoms with Crippen molar-refractivity contribution < 1.29 is 9.59 Å². The third-order valence-corrected chi connectivity index (χ3v) is 4.07. The molecule has 0 radical (unpaired) electrons. The summed E-state index contributed by atoms with van der Waals surface area (Å²) in [5, 5.41) is 2.88. The Bertz CT molecular complexity index is 916. The van der Waals surface area contributed by atoms with E-state index in [2.05, 4.69) is 15.3 Å². The van der Waals surface area contributed by atoms with Crippen LogP contribution in [0, 0.1) is 0 Å². The Morgan fingerprint density at radius 3 is 2.80 bits per heavy atom. The van der Waals surface area contributed by atoms with Gasteiger partial charge < -0.3 is 15.2 Å². The van der Waals surface area contributed by atoms with E-state index in [9.17, 15) is 9.59 Å². The maximum absolute atomic E-state index is 12.5. The van der Waals surface area contributed by atoms with Crippen LogP contribution in [0.1, 0.15) is 22.8 Å². The minimum absolute atomic E-state index is 0.0160. The number of para-hydroxylation sites is 1. The van der Waals surface area contributed by atoms with Crippen LogP contribution in [0.25, 0.3) is 11.0 Å². The van der Waals surface area contributed by atoms with E-state index in [1.807, 2.05) is 31.2 Å². The molecule has 128 valence electrons. The molecule has 1 aromatic heterocycles. The number of benzene rings is 2. The van der Waals surface area contributed by atoms with Crippen LogP contribution in [-0.4, -0.2) is 40.3 Å². The van der Waals surface area contributed by atoms with Gasteiger partial charge in [0.05, 0.1) is 23.9 Å². The number of aromatic amines is 1. The minimum atomic E-state index is -0.223. The Morgan fingerprint density at radius 1 is 1.20 bits per heavy atom. The molecule has 2 aromatic carbocycles. The van der Waals surface area contributed by atoms with Crippen molar-refractivity contribution in [1.29, 1.82) is 0 Å². The van der Waals surface area contributed by atoms with Gasteiger partial charge in [-0.05, 0) is 36.2 Å². The SMILES string of the molecule is CCc1ccccc1NC(=O)CN(C)C(=O)c1ccc2nc[nH]c2c1. The second-order valence-corrected chi connectivity index (χ2v) is 5.85. The predicted molar refractivity (Wildman–Crippen MR) is 97.5 cm³/mol. The zero-order valence-corrected chi connectivity index (χ0v) is 14.2. The van der Waals surface area contributed by atoms with Crippen LogP contribution < -0.4 is 5.32 Å². The largest absolute Gasteiger partial charge is 0.345 e. The van der Waals surface area contributed by atoms with Crippen molar-refractivity contribution in [3.63, 3.8) is 0 Å². The Labute approximate surface area is 145 Å². The summed E-state index contributed by atoms with van der Waals surface area (Å²) >= 11 is 0. The van der Waals surface area contributed by atoms with Crippen molar-refractivity contribution >= 4 is 28.5 Å². The molecule has 3 rings (SSSR count). The first-order chi connectivity index (χ1) is 12.1. The van der Waals surface area contributed by atoms with Gasteiger partial charge in [-0.2, -0.15) is 0 Å². The fourth-order valence-corrected chi connectivity index (χ4v) is 2.72. The number of imidazole rings is 1. The standard InChI is InChI=1S/C19H20N4O2/c1-3-13-6-4-5-7-15(13)22-18(24)11-23(2)19(25)14-8-9-16-17(10-14)21-12-20-16/h4-10,12H,3,11H2,1-2H3,(H,20,21)(H,22,24). The fourth-order valence-electron chi connectivity index (χ4n) is 2.72. The van der Waals surface area contributed by atoms with Gasteiger partial charge >= 0.3 is 0 Å². The van der Waals surface area contributed by atoms with E-state index in [0.29, 0.717) is 5.56 Å². The summed E-state index contributed by atoms with van der Waals surface area (Å²) in [6, 6.07) is 12.9. The summed E-state index contributed by atoms with van der Waals surface area (Å²) < 4.78 is 0. The maximum atomic E-state index is 12.5. The number of rotatable bonds is 5. The lowest BCUT2D eigenvalue weighted by Gasteiger charge is -2.17. The van der Waals surface area contributed by atoms with Crippen LogP contribution in [0.2, 0.25) is 0 Å². The van der Waals surface area contributed by atoms with Gasteiger partial charge in [0.25, 0.3) is 5.91 Å². The number of nitrogens with one attached hydrogen (secondary N) is 2. The van der Waals surface area contributed by atoms with Gasteiger partial charge in [-0.25, -0.2) is 4.98 Å². The van der Waals surface area contributed by atoms with Crippen molar-refractivity contribution in [2.45, 2.75) is 13.3 Å².